The maximum absolute atomic E-state index is 11.7. The third-order valence-corrected chi connectivity index (χ3v) is 5.26. The van der Waals surface area contributed by atoms with Crippen molar-refractivity contribution in [1.82, 2.24) is 14.7 Å². The number of hydrazine groups is 1. The summed E-state index contributed by atoms with van der Waals surface area (Å²) in [4.78, 5) is 4.31. The van der Waals surface area contributed by atoms with Crippen molar-refractivity contribution in [2.24, 2.45) is 11.8 Å². The summed E-state index contributed by atoms with van der Waals surface area (Å²) >= 11 is 0. The third kappa shape index (κ3) is 5.03. The molecule has 0 aromatic carbocycles. The van der Waals surface area contributed by atoms with Gasteiger partial charge in [0.15, 0.2) is 0 Å². The van der Waals surface area contributed by atoms with E-state index in [1.54, 1.807) is 10.5 Å². The molecule has 0 bridgehead atoms. The monoisotopic (exact) mass is 312 g/mol. The first-order valence-electron chi connectivity index (χ1n) is 7.30. The summed E-state index contributed by atoms with van der Waals surface area (Å²) in [6.07, 6.45) is 6.63. The predicted octanol–water partition coefficient (Wildman–Crippen LogP) is 0.518. The SMILES string of the molecule is CS(=O)(=O)N1CCCC(CC(Cc2ccccn2)NN)C1. The number of nitrogens with two attached hydrogens (primary N) is 1. The molecule has 2 rings (SSSR count). The van der Waals surface area contributed by atoms with E-state index in [4.69, 9.17) is 5.84 Å². The highest BCUT2D eigenvalue weighted by Gasteiger charge is 2.27. The topological polar surface area (TPSA) is 88.3 Å². The van der Waals surface area contributed by atoms with Gasteiger partial charge in [-0.15, -0.1) is 0 Å². The lowest BCUT2D eigenvalue weighted by molar-refractivity contribution is 0.237. The molecule has 1 aromatic rings. The number of pyridine rings is 1. The van der Waals surface area contributed by atoms with E-state index in [-0.39, 0.29) is 6.04 Å². The smallest absolute Gasteiger partial charge is 0.211 e. The molecule has 1 fully saturated rings. The average Bonchev–Trinajstić information content (AvgIpc) is 2.47. The number of nitrogens with one attached hydrogen (secondary N) is 1. The molecule has 0 spiro atoms. The fraction of sp³-hybridized carbons (Fsp3) is 0.643. The molecule has 0 aliphatic carbocycles. The van der Waals surface area contributed by atoms with Crippen molar-refractivity contribution in [2.45, 2.75) is 31.7 Å². The largest absolute Gasteiger partial charge is 0.271 e. The molecule has 2 unspecified atom stereocenters. The van der Waals surface area contributed by atoms with E-state index in [9.17, 15) is 8.42 Å². The molecule has 1 aromatic heterocycles. The molecule has 118 valence electrons. The van der Waals surface area contributed by atoms with Crippen molar-refractivity contribution < 1.29 is 8.42 Å². The van der Waals surface area contributed by atoms with Crippen LogP contribution in [0.5, 0.6) is 0 Å². The fourth-order valence-corrected chi connectivity index (χ4v) is 3.85. The van der Waals surface area contributed by atoms with Gasteiger partial charge >= 0.3 is 0 Å². The Morgan fingerprint density at radius 2 is 2.33 bits per heavy atom. The predicted molar refractivity (Wildman–Crippen MR) is 82.8 cm³/mol. The summed E-state index contributed by atoms with van der Waals surface area (Å²) in [6.45, 7) is 1.23. The van der Waals surface area contributed by atoms with Crippen molar-refractivity contribution in [3.05, 3.63) is 30.1 Å². The van der Waals surface area contributed by atoms with Crippen LogP contribution in [0.15, 0.2) is 24.4 Å². The maximum atomic E-state index is 11.7. The normalized spacial score (nSPS) is 22.1. The van der Waals surface area contributed by atoms with Crippen LogP contribution in [0, 0.1) is 5.92 Å². The molecule has 21 heavy (non-hydrogen) atoms. The van der Waals surface area contributed by atoms with Gasteiger partial charge in [0.1, 0.15) is 0 Å². The van der Waals surface area contributed by atoms with Crippen molar-refractivity contribution in [2.75, 3.05) is 19.3 Å². The first-order chi connectivity index (χ1) is 9.99. The molecule has 3 N–H and O–H groups in total. The first kappa shape index (κ1) is 16.4. The second-order valence-electron chi connectivity index (χ2n) is 5.75. The van der Waals surface area contributed by atoms with E-state index >= 15 is 0 Å². The summed E-state index contributed by atoms with van der Waals surface area (Å²) in [5, 5.41) is 0. The van der Waals surface area contributed by atoms with Crippen LogP contribution < -0.4 is 11.3 Å². The summed E-state index contributed by atoms with van der Waals surface area (Å²) < 4.78 is 24.9. The van der Waals surface area contributed by atoms with Crippen LogP contribution in [0.1, 0.15) is 25.0 Å². The van der Waals surface area contributed by atoms with E-state index < -0.39 is 10.0 Å². The van der Waals surface area contributed by atoms with Crippen LogP contribution in [-0.4, -0.2) is 43.1 Å². The second-order valence-corrected chi connectivity index (χ2v) is 7.74. The highest BCUT2D eigenvalue weighted by Crippen LogP contribution is 2.23. The first-order valence-corrected chi connectivity index (χ1v) is 9.15. The van der Waals surface area contributed by atoms with Crippen LogP contribution in [0.2, 0.25) is 0 Å². The highest BCUT2D eigenvalue weighted by atomic mass is 32.2. The number of nitrogens with zero attached hydrogens (tertiary/aromatic N) is 2. The number of hydrogen-bond donors (Lipinski definition) is 2. The van der Waals surface area contributed by atoms with Gasteiger partial charge in [-0.3, -0.25) is 16.3 Å². The van der Waals surface area contributed by atoms with E-state index in [0.29, 0.717) is 19.0 Å². The number of aromatic nitrogens is 1. The number of hydrogen-bond acceptors (Lipinski definition) is 5. The van der Waals surface area contributed by atoms with Gasteiger partial charge in [0.2, 0.25) is 10.0 Å². The zero-order valence-corrected chi connectivity index (χ0v) is 13.2. The lowest BCUT2D eigenvalue weighted by Crippen LogP contribution is -2.44. The van der Waals surface area contributed by atoms with Gasteiger partial charge in [0, 0.05) is 37.4 Å². The van der Waals surface area contributed by atoms with Crippen molar-refractivity contribution in [1.29, 1.82) is 0 Å². The van der Waals surface area contributed by atoms with Crippen LogP contribution in [0.3, 0.4) is 0 Å². The minimum Gasteiger partial charge on any atom is -0.271 e. The number of sulfonamides is 1. The Labute approximate surface area is 126 Å². The van der Waals surface area contributed by atoms with Gasteiger partial charge in [0.25, 0.3) is 0 Å². The molecule has 2 heterocycles. The van der Waals surface area contributed by atoms with Crippen molar-refractivity contribution >= 4 is 10.0 Å². The van der Waals surface area contributed by atoms with Crippen molar-refractivity contribution in [3.8, 4) is 0 Å². The highest BCUT2D eigenvalue weighted by molar-refractivity contribution is 7.88. The molecule has 0 radical (unpaired) electrons. The molecule has 6 nitrogen and oxygen atoms in total. The molecule has 1 saturated heterocycles. The van der Waals surface area contributed by atoms with Crippen LogP contribution in [-0.2, 0) is 16.4 Å². The zero-order chi connectivity index (χ0) is 15.3. The molecule has 1 aliphatic rings. The van der Waals surface area contributed by atoms with Gasteiger partial charge in [-0.05, 0) is 37.3 Å². The zero-order valence-electron chi connectivity index (χ0n) is 12.4. The summed E-state index contributed by atoms with van der Waals surface area (Å²) in [5.41, 5.74) is 3.84. The Balaban J connectivity index is 1.92. The minimum absolute atomic E-state index is 0.115. The third-order valence-electron chi connectivity index (χ3n) is 3.99. The van der Waals surface area contributed by atoms with Crippen LogP contribution in [0.25, 0.3) is 0 Å². The van der Waals surface area contributed by atoms with E-state index in [1.807, 2.05) is 18.2 Å². The average molecular weight is 312 g/mol. The van der Waals surface area contributed by atoms with Gasteiger partial charge in [-0.25, -0.2) is 12.7 Å². The van der Waals surface area contributed by atoms with Crippen molar-refractivity contribution in [3.63, 3.8) is 0 Å². The summed E-state index contributed by atoms with van der Waals surface area (Å²) in [7, 11) is -3.09. The second kappa shape index (κ2) is 7.31. The molecular weight excluding hydrogens is 288 g/mol. The van der Waals surface area contributed by atoms with E-state index in [2.05, 4.69) is 10.4 Å². The van der Waals surface area contributed by atoms with Gasteiger partial charge in [0.05, 0.1) is 6.26 Å². The number of rotatable bonds is 6. The summed E-state index contributed by atoms with van der Waals surface area (Å²) in [5.74, 6) is 5.99. The summed E-state index contributed by atoms with van der Waals surface area (Å²) in [6, 6.07) is 5.94. The Kier molecular flexibility index (Phi) is 5.69. The Hall–Kier alpha value is -1.02. The van der Waals surface area contributed by atoms with E-state index in [0.717, 1.165) is 31.4 Å². The maximum Gasteiger partial charge on any atom is 0.211 e. The molecule has 2 atom stereocenters. The van der Waals surface area contributed by atoms with Crippen LogP contribution in [0.4, 0.5) is 0 Å². The lowest BCUT2D eigenvalue weighted by Gasteiger charge is -2.32. The Morgan fingerprint density at radius 1 is 1.52 bits per heavy atom. The Bertz CT molecular complexity index is 535. The standard InChI is InChI=1S/C14H24N4O2S/c1-21(19,20)18-8-4-5-12(11-18)9-14(17-15)10-13-6-2-3-7-16-13/h2-3,6-7,12,14,17H,4-5,8-11,15H2,1H3. The van der Waals surface area contributed by atoms with E-state index in [1.165, 1.54) is 6.26 Å². The lowest BCUT2D eigenvalue weighted by atomic mass is 9.91. The van der Waals surface area contributed by atoms with Gasteiger partial charge in [-0.1, -0.05) is 6.07 Å². The van der Waals surface area contributed by atoms with Gasteiger partial charge < -0.3 is 0 Å². The fourth-order valence-electron chi connectivity index (χ4n) is 2.90. The molecule has 1 aliphatic heterocycles. The Morgan fingerprint density at radius 3 is 2.95 bits per heavy atom. The van der Waals surface area contributed by atoms with Crippen LogP contribution >= 0.6 is 0 Å². The minimum atomic E-state index is -3.09. The van der Waals surface area contributed by atoms with Gasteiger partial charge in [-0.2, -0.15) is 0 Å². The number of piperidine rings is 1. The quantitative estimate of drug-likeness (QED) is 0.590. The molecule has 7 heteroatoms. The molecular formula is C14H24N4O2S. The molecule has 0 amide bonds. The molecule has 0 saturated carbocycles.